The molecule has 0 atom stereocenters. The Kier molecular flexibility index (Phi) is 3.88. The first-order chi connectivity index (χ1) is 9.91. The topological polar surface area (TPSA) is 79.3 Å². The summed E-state index contributed by atoms with van der Waals surface area (Å²) in [6.45, 7) is 0. The largest absolute Gasteiger partial charge is 0.478 e. The number of carboxylic acids is 1. The number of para-hydroxylation sites is 1. The Bertz CT molecular complexity index is 735. The summed E-state index contributed by atoms with van der Waals surface area (Å²) >= 11 is 0. The molecule has 0 radical (unpaired) electrons. The summed E-state index contributed by atoms with van der Waals surface area (Å²) in [5.74, 6) is -6.69. The molecule has 0 spiro atoms. The van der Waals surface area contributed by atoms with Crippen LogP contribution in [0.25, 0.3) is 0 Å². The zero-order valence-corrected chi connectivity index (χ0v) is 10.2. The minimum absolute atomic E-state index is 0.515. The molecule has 2 aromatic rings. The molecule has 108 valence electrons. The van der Waals surface area contributed by atoms with Crippen molar-refractivity contribution in [3.63, 3.8) is 0 Å². The number of halogens is 3. The summed E-state index contributed by atoms with van der Waals surface area (Å²) in [6, 6.07) is 4.01. The van der Waals surface area contributed by atoms with Crippen LogP contribution in [0, 0.1) is 17.6 Å². The van der Waals surface area contributed by atoms with Gasteiger partial charge < -0.3 is 10.4 Å². The van der Waals surface area contributed by atoms with Crippen LogP contribution in [0.4, 0.5) is 18.9 Å². The highest BCUT2D eigenvalue weighted by molar-refractivity contribution is 6.07. The van der Waals surface area contributed by atoms with Gasteiger partial charge in [-0.25, -0.2) is 18.6 Å². The van der Waals surface area contributed by atoms with Crippen LogP contribution in [0.3, 0.4) is 0 Å². The lowest BCUT2D eigenvalue weighted by Gasteiger charge is -2.10. The van der Waals surface area contributed by atoms with Gasteiger partial charge in [0.15, 0.2) is 5.82 Å². The average molecular weight is 296 g/mol. The van der Waals surface area contributed by atoms with E-state index in [1.807, 2.05) is 5.32 Å². The minimum atomic E-state index is -1.51. The Labute approximate surface area is 116 Å². The summed E-state index contributed by atoms with van der Waals surface area (Å²) in [7, 11) is 0. The predicted octanol–water partition coefficient (Wildman–Crippen LogP) is 2.45. The molecule has 2 rings (SSSR count). The number of carbonyl (C=O) groups excluding carboxylic acids is 1. The second kappa shape index (κ2) is 5.61. The smallest absolute Gasteiger partial charge is 0.337 e. The highest BCUT2D eigenvalue weighted by atomic mass is 19.2. The van der Waals surface area contributed by atoms with E-state index in [1.165, 1.54) is 0 Å². The molecule has 0 aliphatic heterocycles. The molecule has 21 heavy (non-hydrogen) atoms. The van der Waals surface area contributed by atoms with Gasteiger partial charge in [0.1, 0.15) is 5.82 Å². The van der Waals surface area contributed by atoms with Gasteiger partial charge in [-0.05, 0) is 18.2 Å². The lowest BCUT2D eigenvalue weighted by molar-refractivity contribution is 0.0697. The third kappa shape index (κ3) is 2.83. The monoisotopic (exact) mass is 296 g/mol. The molecule has 0 fully saturated rings. The fourth-order valence-electron chi connectivity index (χ4n) is 1.60. The van der Waals surface area contributed by atoms with Crippen LogP contribution in [0.5, 0.6) is 0 Å². The number of rotatable bonds is 3. The number of hydrogen-bond donors (Lipinski definition) is 2. The molecule has 0 unspecified atom stereocenters. The van der Waals surface area contributed by atoms with Gasteiger partial charge in [0.2, 0.25) is 5.95 Å². The van der Waals surface area contributed by atoms with Crippen molar-refractivity contribution in [3.05, 3.63) is 59.2 Å². The van der Waals surface area contributed by atoms with Gasteiger partial charge in [0.05, 0.1) is 16.8 Å². The van der Waals surface area contributed by atoms with E-state index in [1.54, 1.807) is 0 Å². The number of hydrogen-bond acceptors (Lipinski definition) is 3. The summed E-state index contributed by atoms with van der Waals surface area (Å²) in [5.41, 5.74) is -1.87. The molecule has 1 heterocycles. The zero-order chi connectivity index (χ0) is 15.6. The van der Waals surface area contributed by atoms with E-state index >= 15 is 0 Å². The van der Waals surface area contributed by atoms with E-state index in [2.05, 4.69) is 4.98 Å². The van der Waals surface area contributed by atoms with Crippen molar-refractivity contribution in [2.75, 3.05) is 5.32 Å². The Hall–Kier alpha value is -2.90. The fourth-order valence-corrected chi connectivity index (χ4v) is 1.60. The van der Waals surface area contributed by atoms with Crippen molar-refractivity contribution in [3.8, 4) is 0 Å². The second-order valence-corrected chi connectivity index (χ2v) is 3.88. The normalized spacial score (nSPS) is 10.2. The van der Waals surface area contributed by atoms with Gasteiger partial charge in [-0.3, -0.25) is 4.79 Å². The number of carbonyl (C=O) groups is 2. The Morgan fingerprint density at radius 1 is 1.10 bits per heavy atom. The van der Waals surface area contributed by atoms with Crippen LogP contribution in [0.2, 0.25) is 0 Å². The van der Waals surface area contributed by atoms with Gasteiger partial charge in [-0.1, -0.05) is 6.07 Å². The number of aromatic carboxylic acids is 1. The van der Waals surface area contributed by atoms with Crippen molar-refractivity contribution >= 4 is 17.6 Å². The maximum Gasteiger partial charge on any atom is 0.337 e. The van der Waals surface area contributed by atoms with Crippen LogP contribution >= 0.6 is 0 Å². The molecule has 0 aliphatic rings. The molecule has 0 saturated heterocycles. The van der Waals surface area contributed by atoms with Crippen molar-refractivity contribution in [1.82, 2.24) is 4.98 Å². The summed E-state index contributed by atoms with van der Waals surface area (Å²) in [4.78, 5) is 25.8. The van der Waals surface area contributed by atoms with E-state index in [0.29, 0.717) is 0 Å². The van der Waals surface area contributed by atoms with E-state index in [9.17, 15) is 22.8 Å². The lowest BCUT2D eigenvalue weighted by atomic mass is 10.1. The molecular formula is C13H7F3N2O3. The third-order valence-electron chi connectivity index (χ3n) is 2.57. The molecule has 8 heteroatoms. The van der Waals surface area contributed by atoms with E-state index < -0.39 is 46.3 Å². The molecular weight excluding hydrogens is 289 g/mol. The summed E-state index contributed by atoms with van der Waals surface area (Å²) in [5, 5.41) is 10.8. The number of nitrogens with zero attached hydrogens (tertiary/aromatic N) is 1. The molecule has 1 aromatic carbocycles. The highest BCUT2D eigenvalue weighted by Crippen LogP contribution is 2.21. The van der Waals surface area contributed by atoms with Crippen LogP contribution < -0.4 is 5.32 Å². The lowest BCUT2D eigenvalue weighted by Crippen LogP contribution is -2.18. The highest BCUT2D eigenvalue weighted by Gasteiger charge is 2.20. The number of benzene rings is 1. The molecule has 0 bridgehead atoms. The molecule has 2 N–H and O–H groups in total. The quantitative estimate of drug-likeness (QED) is 0.853. The van der Waals surface area contributed by atoms with Gasteiger partial charge in [-0.2, -0.15) is 4.39 Å². The molecule has 5 nitrogen and oxygen atoms in total. The minimum Gasteiger partial charge on any atom is -0.478 e. The van der Waals surface area contributed by atoms with Crippen LogP contribution in [-0.2, 0) is 0 Å². The van der Waals surface area contributed by atoms with Crippen LogP contribution in [-0.4, -0.2) is 22.0 Å². The maximum absolute atomic E-state index is 13.6. The van der Waals surface area contributed by atoms with Gasteiger partial charge in [-0.15, -0.1) is 0 Å². The predicted molar refractivity (Wildman–Crippen MR) is 65.5 cm³/mol. The van der Waals surface area contributed by atoms with Gasteiger partial charge >= 0.3 is 5.97 Å². The number of amides is 1. The SMILES string of the molecule is O=C(Nc1c(F)cccc1C(=O)O)c1ccnc(F)c1F. The van der Waals surface area contributed by atoms with Crippen LogP contribution in [0.15, 0.2) is 30.5 Å². The van der Waals surface area contributed by atoms with Crippen LogP contribution in [0.1, 0.15) is 20.7 Å². The molecule has 1 amide bonds. The van der Waals surface area contributed by atoms with Gasteiger partial charge in [0, 0.05) is 6.20 Å². The second-order valence-electron chi connectivity index (χ2n) is 3.88. The van der Waals surface area contributed by atoms with Gasteiger partial charge in [0.25, 0.3) is 5.91 Å². The Balaban J connectivity index is 2.41. The number of pyridine rings is 1. The Morgan fingerprint density at radius 2 is 1.81 bits per heavy atom. The van der Waals surface area contributed by atoms with E-state index in [0.717, 1.165) is 30.5 Å². The van der Waals surface area contributed by atoms with Crippen molar-refractivity contribution in [2.24, 2.45) is 0 Å². The summed E-state index contributed by atoms with van der Waals surface area (Å²) < 4.78 is 39.9. The van der Waals surface area contributed by atoms with E-state index in [4.69, 9.17) is 5.11 Å². The zero-order valence-electron chi connectivity index (χ0n) is 10.2. The van der Waals surface area contributed by atoms with Crippen molar-refractivity contribution < 1.29 is 27.9 Å². The molecule has 0 aliphatic carbocycles. The van der Waals surface area contributed by atoms with Crippen molar-refractivity contribution in [2.45, 2.75) is 0 Å². The number of aromatic nitrogens is 1. The first-order valence-electron chi connectivity index (χ1n) is 5.55. The summed E-state index contributed by atoms with van der Waals surface area (Å²) in [6.07, 6.45) is 0.854. The first kappa shape index (κ1) is 14.5. The number of anilines is 1. The van der Waals surface area contributed by atoms with E-state index in [-0.39, 0.29) is 0 Å². The number of nitrogens with one attached hydrogen (secondary N) is 1. The molecule has 0 saturated carbocycles. The fraction of sp³-hybridized carbons (Fsp3) is 0. The standard InChI is InChI=1S/C13H7F3N2O3/c14-8-3-1-2-7(13(20)21)10(8)18-12(19)6-4-5-17-11(16)9(6)15/h1-5H,(H,18,19)(H,20,21). The third-order valence-corrected chi connectivity index (χ3v) is 2.57. The molecule has 1 aromatic heterocycles. The first-order valence-corrected chi connectivity index (χ1v) is 5.55. The van der Waals surface area contributed by atoms with Crippen molar-refractivity contribution in [1.29, 1.82) is 0 Å². The number of carboxylic acid groups (broad SMARTS) is 1. The maximum atomic E-state index is 13.6. The Morgan fingerprint density at radius 3 is 2.48 bits per heavy atom. The average Bonchev–Trinajstić information content (AvgIpc) is 2.43.